The van der Waals surface area contributed by atoms with Crippen LogP contribution in [0.1, 0.15) is 45.0 Å². The first-order chi connectivity index (χ1) is 14.9. The minimum Gasteiger partial charge on any atom is -0.447 e. The summed E-state index contributed by atoms with van der Waals surface area (Å²) in [5.74, 6) is 1.24. The van der Waals surface area contributed by atoms with Gasteiger partial charge in [0.25, 0.3) is 0 Å². The topological polar surface area (TPSA) is 58.2 Å². The van der Waals surface area contributed by atoms with Crippen molar-refractivity contribution in [1.29, 1.82) is 0 Å². The molecule has 5 rings (SSSR count). The number of nitrogens with zero attached hydrogens (tertiary/aromatic N) is 2. The number of aromatic amines is 1. The molecule has 0 radical (unpaired) electrons. The maximum atomic E-state index is 13.0. The van der Waals surface area contributed by atoms with Crippen LogP contribution in [0.3, 0.4) is 0 Å². The van der Waals surface area contributed by atoms with Crippen molar-refractivity contribution in [3.8, 4) is 11.3 Å². The summed E-state index contributed by atoms with van der Waals surface area (Å²) in [7, 11) is 0. The standard InChI is InChI=1S/C25H26BrN3O2/c1-14(2)31-25(30)29-22-9-7-19(22)10-15(3)23(29)24-27-13-21(28-24)18-5-4-17-12-20(26)8-6-16(17)11-18/h4-6,8,11-14,19,22-23H,3,7,9-10H2,1-2H3,(H,27,28)/t19-,22-,23+/m1/s1. The Balaban J connectivity index is 1.48. The number of fused-ring (bicyclic) bond motifs is 2. The Hall–Kier alpha value is -2.60. The first-order valence-corrected chi connectivity index (χ1v) is 11.6. The van der Waals surface area contributed by atoms with Crippen molar-refractivity contribution in [2.75, 3.05) is 0 Å². The Kier molecular flexibility index (Phi) is 5.13. The number of nitrogens with one attached hydrogen (secondary N) is 1. The van der Waals surface area contributed by atoms with Gasteiger partial charge in [-0.15, -0.1) is 0 Å². The van der Waals surface area contributed by atoms with E-state index >= 15 is 0 Å². The first-order valence-electron chi connectivity index (χ1n) is 10.8. The Labute approximate surface area is 190 Å². The van der Waals surface area contributed by atoms with Crippen LogP contribution in [0, 0.1) is 5.92 Å². The van der Waals surface area contributed by atoms with Gasteiger partial charge in [0.1, 0.15) is 11.9 Å². The molecule has 31 heavy (non-hydrogen) atoms. The number of amides is 1. The molecule has 1 amide bonds. The van der Waals surface area contributed by atoms with E-state index in [-0.39, 0.29) is 24.3 Å². The molecule has 5 nitrogen and oxygen atoms in total. The van der Waals surface area contributed by atoms with Gasteiger partial charge in [-0.05, 0) is 73.6 Å². The molecule has 1 N–H and O–H groups in total. The van der Waals surface area contributed by atoms with Crippen LogP contribution in [0.15, 0.2) is 59.2 Å². The van der Waals surface area contributed by atoms with E-state index in [2.05, 4.69) is 62.8 Å². The number of hydrogen-bond acceptors (Lipinski definition) is 3. The summed E-state index contributed by atoms with van der Waals surface area (Å²) in [6, 6.07) is 12.5. The molecule has 1 saturated carbocycles. The molecule has 3 atom stereocenters. The normalized spacial score (nSPS) is 23.0. The van der Waals surface area contributed by atoms with Crippen molar-refractivity contribution >= 4 is 32.8 Å². The number of hydrogen-bond donors (Lipinski definition) is 1. The van der Waals surface area contributed by atoms with E-state index in [1.165, 1.54) is 10.8 Å². The van der Waals surface area contributed by atoms with Gasteiger partial charge in [-0.25, -0.2) is 9.78 Å². The number of H-pyrrole nitrogens is 1. The number of imidazole rings is 1. The highest BCUT2D eigenvalue weighted by Crippen LogP contribution is 2.48. The van der Waals surface area contributed by atoms with Crippen LogP contribution in [-0.4, -0.2) is 33.1 Å². The molecule has 0 bridgehead atoms. The summed E-state index contributed by atoms with van der Waals surface area (Å²) in [5, 5.41) is 2.34. The Morgan fingerprint density at radius 1 is 1.23 bits per heavy atom. The molecule has 2 fully saturated rings. The molecule has 0 spiro atoms. The van der Waals surface area contributed by atoms with Crippen LogP contribution in [0.5, 0.6) is 0 Å². The van der Waals surface area contributed by atoms with E-state index in [1.54, 1.807) is 0 Å². The maximum absolute atomic E-state index is 13.0. The van der Waals surface area contributed by atoms with Crippen LogP contribution >= 0.6 is 15.9 Å². The first kappa shape index (κ1) is 20.3. The maximum Gasteiger partial charge on any atom is 0.411 e. The number of likely N-dealkylation sites (tertiary alicyclic amines) is 1. The quantitative estimate of drug-likeness (QED) is 0.429. The molecule has 1 aliphatic carbocycles. The molecule has 0 unspecified atom stereocenters. The van der Waals surface area contributed by atoms with Gasteiger partial charge in [-0.2, -0.15) is 0 Å². The van der Waals surface area contributed by atoms with Crippen LogP contribution in [0.25, 0.3) is 22.0 Å². The van der Waals surface area contributed by atoms with E-state index in [0.29, 0.717) is 5.92 Å². The second kappa shape index (κ2) is 7.83. The molecular formula is C25H26BrN3O2. The summed E-state index contributed by atoms with van der Waals surface area (Å²) < 4.78 is 6.66. The van der Waals surface area contributed by atoms with Gasteiger partial charge in [0.2, 0.25) is 0 Å². The van der Waals surface area contributed by atoms with E-state index in [4.69, 9.17) is 4.74 Å². The molecule has 6 heteroatoms. The molecular weight excluding hydrogens is 454 g/mol. The summed E-state index contributed by atoms with van der Waals surface area (Å²) in [5.41, 5.74) is 3.01. The molecule has 3 aromatic rings. The predicted molar refractivity (Wildman–Crippen MR) is 126 cm³/mol. The average Bonchev–Trinajstić information content (AvgIpc) is 3.18. The zero-order valence-corrected chi connectivity index (χ0v) is 19.4. The zero-order valence-electron chi connectivity index (χ0n) is 17.8. The number of carbonyl (C=O) groups is 1. The average molecular weight is 480 g/mol. The van der Waals surface area contributed by atoms with Gasteiger partial charge in [-0.1, -0.05) is 40.7 Å². The number of carbonyl (C=O) groups excluding carboxylic acids is 1. The SMILES string of the molecule is C=C1C[C@H]2CC[C@H]2N(C(=O)OC(C)C)[C@@H]1c1ncc(-c2ccc3cc(Br)ccc3c2)[nH]1. The third kappa shape index (κ3) is 3.67. The largest absolute Gasteiger partial charge is 0.447 e. The van der Waals surface area contributed by atoms with Crippen LogP contribution in [0.4, 0.5) is 4.79 Å². The Morgan fingerprint density at radius 3 is 2.74 bits per heavy atom. The second-order valence-electron chi connectivity index (χ2n) is 8.90. The number of rotatable bonds is 3. The van der Waals surface area contributed by atoms with Crippen LogP contribution in [-0.2, 0) is 4.74 Å². The van der Waals surface area contributed by atoms with E-state index in [1.807, 2.05) is 31.0 Å². The molecule has 2 heterocycles. The van der Waals surface area contributed by atoms with Crippen molar-refractivity contribution in [3.63, 3.8) is 0 Å². The van der Waals surface area contributed by atoms with Crippen molar-refractivity contribution < 1.29 is 9.53 Å². The van der Waals surface area contributed by atoms with E-state index < -0.39 is 0 Å². The highest BCUT2D eigenvalue weighted by Gasteiger charge is 2.48. The van der Waals surface area contributed by atoms with Gasteiger partial charge in [0.15, 0.2) is 0 Å². The lowest BCUT2D eigenvalue weighted by molar-refractivity contribution is -0.00905. The Morgan fingerprint density at radius 2 is 2.00 bits per heavy atom. The van der Waals surface area contributed by atoms with Crippen molar-refractivity contribution in [2.45, 2.75) is 51.3 Å². The summed E-state index contributed by atoms with van der Waals surface area (Å²) >= 11 is 3.53. The second-order valence-corrected chi connectivity index (χ2v) is 9.81. The summed E-state index contributed by atoms with van der Waals surface area (Å²) in [6.45, 7) is 8.08. The zero-order chi connectivity index (χ0) is 21.7. The smallest absolute Gasteiger partial charge is 0.411 e. The van der Waals surface area contributed by atoms with Gasteiger partial charge >= 0.3 is 6.09 Å². The summed E-state index contributed by atoms with van der Waals surface area (Å²) in [6.07, 6.45) is 4.49. The van der Waals surface area contributed by atoms with Crippen molar-refractivity contribution in [1.82, 2.24) is 14.9 Å². The number of halogens is 1. The van der Waals surface area contributed by atoms with Gasteiger partial charge < -0.3 is 9.72 Å². The highest BCUT2D eigenvalue weighted by molar-refractivity contribution is 9.10. The number of aromatic nitrogens is 2. The minimum absolute atomic E-state index is 0.160. The lowest BCUT2D eigenvalue weighted by atomic mass is 9.70. The third-order valence-corrected chi connectivity index (χ3v) is 6.93. The molecule has 1 aromatic heterocycles. The fourth-order valence-corrected chi connectivity index (χ4v) is 5.21. The monoisotopic (exact) mass is 479 g/mol. The highest BCUT2D eigenvalue weighted by atomic mass is 79.9. The molecule has 2 aliphatic rings. The molecule has 1 aliphatic heterocycles. The number of ether oxygens (including phenoxy) is 1. The van der Waals surface area contributed by atoms with Crippen molar-refractivity contribution in [2.24, 2.45) is 5.92 Å². The molecule has 160 valence electrons. The molecule has 2 aromatic carbocycles. The lowest BCUT2D eigenvalue weighted by Gasteiger charge is -2.51. The van der Waals surface area contributed by atoms with E-state index in [9.17, 15) is 4.79 Å². The summed E-state index contributed by atoms with van der Waals surface area (Å²) in [4.78, 5) is 23.0. The van der Waals surface area contributed by atoms with E-state index in [0.717, 1.165) is 46.4 Å². The lowest BCUT2D eigenvalue weighted by Crippen LogP contribution is -2.56. The Bertz CT molecular complexity index is 1170. The molecule has 1 saturated heterocycles. The third-order valence-electron chi connectivity index (χ3n) is 6.44. The fraction of sp³-hybridized carbons (Fsp3) is 0.360. The van der Waals surface area contributed by atoms with Crippen molar-refractivity contribution in [3.05, 3.63) is 65.0 Å². The number of piperidine rings is 1. The van der Waals surface area contributed by atoms with Crippen LogP contribution < -0.4 is 0 Å². The van der Waals surface area contributed by atoms with Gasteiger partial charge in [0.05, 0.1) is 18.0 Å². The van der Waals surface area contributed by atoms with Crippen LogP contribution in [0.2, 0.25) is 0 Å². The fourth-order valence-electron chi connectivity index (χ4n) is 4.83. The van der Waals surface area contributed by atoms with Gasteiger partial charge in [0, 0.05) is 16.1 Å². The predicted octanol–water partition coefficient (Wildman–Crippen LogP) is 6.62. The van der Waals surface area contributed by atoms with Gasteiger partial charge in [-0.3, -0.25) is 4.90 Å². The minimum atomic E-state index is -0.280. The number of benzene rings is 2.